The first-order valence-corrected chi connectivity index (χ1v) is 6.41. The van der Waals surface area contributed by atoms with Gasteiger partial charge < -0.3 is 14.8 Å². The Labute approximate surface area is 99.2 Å². The SMILES string of the molecule is C1COCCO1.CNCCC1=CCCCC1. The first-order valence-electron chi connectivity index (χ1n) is 6.41. The highest BCUT2D eigenvalue weighted by molar-refractivity contribution is 5.04. The molecule has 0 aromatic carbocycles. The van der Waals surface area contributed by atoms with E-state index in [2.05, 4.69) is 11.4 Å². The number of nitrogens with one attached hydrogen (secondary N) is 1. The molecule has 3 nitrogen and oxygen atoms in total. The summed E-state index contributed by atoms with van der Waals surface area (Å²) in [6.07, 6.45) is 9.16. The van der Waals surface area contributed by atoms with Crippen LogP contribution >= 0.6 is 0 Å². The molecule has 16 heavy (non-hydrogen) atoms. The van der Waals surface area contributed by atoms with Gasteiger partial charge in [0, 0.05) is 0 Å². The van der Waals surface area contributed by atoms with Crippen LogP contribution in [0.25, 0.3) is 0 Å². The van der Waals surface area contributed by atoms with Gasteiger partial charge in [-0.2, -0.15) is 0 Å². The maximum absolute atomic E-state index is 4.94. The smallest absolute Gasteiger partial charge is 0.0701 e. The lowest BCUT2D eigenvalue weighted by atomic mass is 9.97. The fraction of sp³-hybridized carbons (Fsp3) is 0.846. The Bertz CT molecular complexity index is 177. The molecular formula is C13H25NO2. The molecule has 0 spiro atoms. The van der Waals surface area contributed by atoms with E-state index >= 15 is 0 Å². The Kier molecular flexibility index (Phi) is 8.40. The summed E-state index contributed by atoms with van der Waals surface area (Å²) in [6.45, 7) is 4.26. The zero-order valence-corrected chi connectivity index (χ0v) is 10.5. The molecule has 0 aromatic heterocycles. The van der Waals surface area contributed by atoms with Crippen LogP contribution in [0.1, 0.15) is 32.1 Å². The summed E-state index contributed by atoms with van der Waals surface area (Å²) in [7, 11) is 2.02. The predicted octanol–water partition coefficient (Wildman–Crippen LogP) is 2.13. The van der Waals surface area contributed by atoms with Gasteiger partial charge in [-0.15, -0.1) is 0 Å². The van der Waals surface area contributed by atoms with Crippen LogP contribution in [0.5, 0.6) is 0 Å². The molecule has 1 heterocycles. The summed E-state index contributed by atoms with van der Waals surface area (Å²) >= 11 is 0. The number of rotatable bonds is 3. The molecule has 1 aliphatic carbocycles. The average Bonchev–Trinajstić information content (AvgIpc) is 2.40. The van der Waals surface area contributed by atoms with Crippen LogP contribution in [-0.4, -0.2) is 40.0 Å². The Morgan fingerprint density at radius 3 is 2.25 bits per heavy atom. The average molecular weight is 227 g/mol. The van der Waals surface area contributed by atoms with Crippen molar-refractivity contribution in [3.05, 3.63) is 11.6 Å². The van der Waals surface area contributed by atoms with E-state index in [9.17, 15) is 0 Å². The number of hydrogen-bond donors (Lipinski definition) is 1. The molecule has 0 saturated carbocycles. The highest BCUT2D eigenvalue weighted by Crippen LogP contribution is 2.19. The van der Waals surface area contributed by atoms with Gasteiger partial charge in [-0.3, -0.25) is 0 Å². The van der Waals surface area contributed by atoms with Crippen LogP contribution in [0, 0.1) is 0 Å². The highest BCUT2D eigenvalue weighted by Gasteiger charge is 2.01. The molecule has 1 saturated heterocycles. The van der Waals surface area contributed by atoms with Crippen molar-refractivity contribution < 1.29 is 9.47 Å². The molecule has 1 fully saturated rings. The molecule has 0 unspecified atom stereocenters. The number of ether oxygens (including phenoxy) is 2. The quantitative estimate of drug-likeness (QED) is 0.749. The van der Waals surface area contributed by atoms with Crippen molar-refractivity contribution in [1.29, 1.82) is 0 Å². The van der Waals surface area contributed by atoms with Crippen LogP contribution in [0.3, 0.4) is 0 Å². The van der Waals surface area contributed by atoms with E-state index in [4.69, 9.17) is 9.47 Å². The largest absolute Gasteiger partial charge is 0.377 e. The van der Waals surface area contributed by atoms with Crippen molar-refractivity contribution in [3.63, 3.8) is 0 Å². The lowest BCUT2D eigenvalue weighted by Crippen LogP contribution is -2.16. The van der Waals surface area contributed by atoms with Crippen molar-refractivity contribution in [2.45, 2.75) is 32.1 Å². The van der Waals surface area contributed by atoms with E-state index in [0.717, 1.165) is 33.0 Å². The van der Waals surface area contributed by atoms with Gasteiger partial charge in [-0.05, 0) is 45.7 Å². The first kappa shape index (κ1) is 13.7. The second-order valence-electron chi connectivity index (χ2n) is 4.19. The van der Waals surface area contributed by atoms with E-state index in [1.807, 2.05) is 7.05 Å². The molecule has 3 heteroatoms. The van der Waals surface area contributed by atoms with Crippen molar-refractivity contribution in [2.24, 2.45) is 0 Å². The van der Waals surface area contributed by atoms with Gasteiger partial charge in [0.2, 0.25) is 0 Å². The topological polar surface area (TPSA) is 30.5 Å². The first-order chi connectivity index (χ1) is 7.93. The standard InChI is InChI=1S/C9H17N.C4H8O2/c1-10-8-7-9-5-3-2-4-6-9;1-2-6-4-3-5-1/h5,10H,2-4,6-8H2,1H3;1-4H2. The molecule has 2 rings (SSSR count). The third-order valence-corrected chi connectivity index (χ3v) is 2.83. The summed E-state index contributed by atoms with van der Waals surface area (Å²) in [6, 6.07) is 0. The third-order valence-electron chi connectivity index (χ3n) is 2.83. The normalized spacial score (nSPS) is 20.7. The molecule has 0 aromatic rings. The molecule has 0 bridgehead atoms. The van der Waals surface area contributed by atoms with Crippen LogP contribution in [-0.2, 0) is 9.47 Å². The Hall–Kier alpha value is -0.380. The summed E-state index contributed by atoms with van der Waals surface area (Å²) < 4.78 is 9.89. The molecule has 1 N–H and O–H groups in total. The fourth-order valence-corrected chi connectivity index (χ4v) is 1.86. The van der Waals surface area contributed by atoms with Crippen LogP contribution in [0.15, 0.2) is 11.6 Å². The molecular weight excluding hydrogens is 202 g/mol. The molecule has 2 aliphatic rings. The van der Waals surface area contributed by atoms with E-state index < -0.39 is 0 Å². The van der Waals surface area contributed by atoms with Gasteiger partial charge in [-0.1, -0.05) is 11.6 Å². The van der Waals surface area contributed by atoms with E-state index in [0.29, 0.717) is 0 Å². The van der Waals surface area contributed by atoms with Crippen molar-refractivity contribution in [1.82, 2.24) is 5.32 Å². The van der Waals surface area contributed by atoms with Crippen molar-refractivity contribution >= 4 is 0 Å². The number of hydrogen-bond acceptors (Lipinski definition) is 3. The molecule has 1 aliphatic heterocycles. The van der Waals surface area contributed by atoms with Crippen molar-refractivity contribution in [2.75, 3.05) is 40.0 Å². The molecule has 0 radical (unpaired) electrons. The van der Waals surface area contributed by atoms with E-state index in [1.165, 1.54) is 32.1 Å². The van der Waals surface area contributed by atoms with Crippen LogP contribution in [0.4, 0.5) is 0 Å². The summed E-state index contributed by atoms with van der Waals surface area (Å²) in [5.41, 5.74) is 1.67. The predicted molar refractivity (Wildman–Crippen MR) is 66.7 cm³/mol. The molecule has 0 amide bonds. The second kappa shape index (κ2) is 9.82. The Morgan fingerprint density at radius 2 is 1.81 bits per heavy atom. The minimum Gasteiger partial charge on any atom is -0.377 e. The van der Waals surface area contributed by atoms with Gasteiger partial charge >= 0.3 is 0 Å². The van der Waals surface area contributed by atoms with Gasteiger partial charge in [-0.25, -0.2) is 0 Å². The second-order valence-corrected chi connectivity index (χ2v) is 4.19. The molecule has 0 atom stereocenters. The fourth-order valence-electron chi connectivity index (χ4n) is 1.86. The Morgan fingerprint density at radius 1 is 1.12 bits per heavy atom. The van der Waals surface area contributed by atoms with Crippen LogP contribution in [0.2, 0.25) is 0 Å². The summed E-state index contributed by atoms with van der Waals surface area (Å²) in [5, 5.41) is 3.17. The number of allylic oxidation sites excluding steroid dienone is 1. The Balaban J connectivity index is 0.000000181. The van der Waals surface area contributed by atoms with Gasteiger partial charge in [0.15, 0.2) is 0 Å². The maximum atomic E-state index is 4.94. The summed E-state index contributed by atoms with van der Waals surface area (Å²) in [4.78, 5) is 0. The van der Waals surface area contributed by atoms with Gasteiger partial charge in [0.05, 0.1) is 26.4 Å². The minimum absolute atomic E-state index is 0.778. The molecule has 94 valence electrons. The highest BCUT2D eigenvalue weighted by atomic mass is 16.6. The zero-order valence-electron chi connectivity index (χ0n) is 10.5. The minimum atomic E-state index is 0.778. The lowest BCUT2D eigenvalue weighted by molar-refractivity contribution is -0.0334. The van der Waals surface area contributed by atoms with Gasteiger partial charge in [0.1, 0.15) is 0 Å². The van der Waals surface area contributed by atoms with E-state index in [1.54, 1.807) is 5.57 Å². The summed E-state index contributed by atoms with van der Waals surface area (Å²) in [5.74, 6) is 0. The van der Waals surface area contributed by atoms with Crippen LogP contribution < -0.4 is 5.32 Å². The van der Waals surface area contributed by atoms with Crippen molar-refractivity contribution in [3.8, 4) is 0 Å². The third kappa shape index (κ3) is 6.99. The van der Waals surface area contributed by atoms with E-state index in [-0.39, 0.29) is 0 Å². The monoisotopic (exact) mass is 227 g/mol. The lowest BCUT2D eigenvalue weighted by Gasteiger charge is -2.11. The van der Waals surface area contributed by atoms with Gasteiger partial charge in [0.25, 0.3) is 0 Å². The zero-order chi connectivity index (χ0) is 11.5. The maximum Gasteiger partial charge on any atom is 0.0701 e.